The summed E-state index contributed by atoms with van der Waals surface area (Å²) >= 11 is 6.37. The molecule has 0 saturated carbocycles. The summed E-state index contributed by atoms with van der Waals surface area (Å²) in [6.45, 7) is 0.217. The molecular formula is C27H19ClN4O3. The van der Waals surface area contributed by atoms with Crippen molar-refractivity contribution < 1.29 is 14.3 Å². The molecule has 6 rings (SSSR count). The number of carbonyl (C=O) groups excluding carboxylic acids is 2. The number of para-hydroxylation sites is 1. The van der Waals surface area contributed by atoms with Crippen molar-refractivity contribution >= 4 is 34.8 Å². The van der Waals surface area contributed by atoms with Gasteiger partial charge in [0, 0.05) is 23.2 Å². The molecule has 3 aromatic carbocycles. The van der Waals surface area contributed by atoms with Gasteiger partial charge in [0.15, 0.2) is 5.41 Å². The van der Waals surface area contributed by atoms with Crippen LogP contribution in [0.4, 0.5) is 11.4 Å². The third kappa shape index (κ3) is 2.39. The van der Waals surface area contributed by atoms with Crippen LogP contribution in [0.15, 0.2) is 84.3 Å². The zero-order valence-electron chi connectivity index (χ0n) is 18.7. The van der Waals surface area contributed by atoms with Gasteiger partial charge < -0.3 is 20.3 Å². The number of halogens is 1. The second kappa shape index (κ2) is 7.11. The number of hydrogen-bond acceptors (Lipinski definition) is 5. The minimum Gasteiger partial charge on any atom is -0.455 e. The zero-order valence-corrected chi connectivity index (χ0v) is 19.4. The largest absolute Gasteiger partial charge is 0.455 e. The van der Waals surface area contributed by atoms with Crippen molar-refractivity contribution in [3.8, 4) is 6.07 Å². The highest BCUT2D eigenvalue weighted by Gasteiger charge is 2.78. The summed E-state index contributed by atoms with van der Waals surface area (Å²) in [7, 11) is 1.62. The molecule has 3 heterocycles. The maximum absolute atomic E-state index is 14.6. The number of amides is 2. The average Bonchev–Trinajstić information content (AvgIpc) is 3.36. The minimum absolute atomic E-state index is 0.0833. The van der Waals surface area contributed by atoms with Crippen molar-refractivity contribution in [2.24, 2.45) is 5.73 Å². The Morgan fingerprint density at radius 2 is 1.69 bits per heavy atom. The number of ether oxygens (including phenoxy) is 1. The van der Waals surface area contributed by atoms with Crippen LogP contribution < -0.4 is 15.5 Å². The molecular weight excluding hydrogens is 464 g/mol. The predicted molar refractivity (Wildman–Crippen MR) is 130 cm³/mol. The van der Waals surface area contributed by atoms with Crippen LogP contribution in [-0.2, 0) is 31.9 Å². The summed E-state index contributed by atoms with van der Waals surface area (Å²) < 4.78 is 6.18. The number of hydrogen-bond donors (Lipinski definition) is 1. The maximum Gasteiger partial charge on any atom is 0.277 e. The highest BCUT2D eigenvalue weighted by atomic mass is 35.5. The Balaban J connectivity index is 1.69. The molecule has 0 aliphatic carbocycles. The number of benzene rings is 3. The Hall–Kier alpha value is -4.28. The van der Waals surface area contributed by atoms with Gasteiger partial charge in [0.2, 0.25) is 17.4 Å². The average molecular weight is 483 g/mol. The van der Waals surface area contributed by atoms with Crippen LogP contribution in [0, 0.1) is 11.3 Å². The molecule has 8 heteroatoms. The van der Waals surface area contributed by atoms with Crippen LogP contribution in [-0.4, -0.2) is 18.9 Å². The van der Waals surface area contributed by atoms with Crippen LogP contribution in [0.3, 0.4) is 0 Å². The van der Waals surface area contributed by atoms with E-state index < -0.39 is 22.8 Å². The van der Waals surface area contributed by atoms with Gasteiger partial charge in [-0.2, -0.15) is 5.26 Å². The van der Waals surface area contributed by atoms with Crippen LogP contribution in [0.5, 0.6) is 0 Å². The molecule has 0 saturated heterocycles. The lowest BCUT2D eigenvalue weighted by molar-refractivity contribution is -0.148. The van der Waals surface area contributed by atoms with E-state index in [1.807, 2.05) is 30.3 Å². The molecule has 2 amide bonds. The van der Waals surface area contributed by atoms with E-state index in [4.69, 9.17) is 22.1 Å². The lowest BCUT2D eigenvalue weighted by Crippen LogP contribution is -2.58. The molecule has 0 radical (unpaired) electrons. The Labute approximate surface area is 206 Å². The Morgan fingerprint density at radius 3 is 2.43 bits per heavy atom. The third-order valence-corrected chi connectivity index (χ3v) is 7.41. The van der Waals surface area contributed by atoms with E-state index in [9.17, 15) is 14.9 Å². The van der Waals surface area contributed by atoms with E-state index in [1.54, 1.807) is 54.4 Å². The van der Waals surface area contributed by atoms with Gasteiger partial charge in [0.25, 0.3) is 5.91 Å². The lowest BCUT2D eigenvalue weighted by Gasteiger charge is -2.37. The van der Waals surface area contributed by atoms with Gasteiger partial charge in [-0.25, -0.2) is 0 Å². The molecule has 35 heavy (non-hydrogen) atoms. The standard InChI is InChI=1S/C27H19ClN4O3/c1-31-21-10-6-5-9-19(21)27(25(31)34)26(20(14-29)23(30)35-27)18-12-11-17(28)13-22(18)32(24(26)33)15-16-7-3-2-4-8-16/h2-13H,15,30H2,1H3. The first-order valence-electron chi connectivity index (χ1n) is 11.0. The first-order valence-corrected chi connectivity index (χ1v) is 11.4. The van der Waals surface area contributed by atoms with Gasteiger partial charge >= 0.3 is 0 Å². The topological polar surface area (TPSA) is 99.7 Å². The molecule has 7 nitrogen and oxygen atoms in total. The molecule has 2 N–H and O–H groups in total. The number of fused-ring (bicyclic) bond motifs is 5. The lowest BCUT2D eigenvalue weighted by atomic mass is 9.62. The number of anilines is 2. The van der Waals surface area contributed by atoms with Gasteiger partial charge in [-0.1, -0.05) is 66.2 Å². The fourth-order valence-corrected chi connectivity index (χ4v) is 5.92. The van der Waals surface area contributed by atoms with E-state index >= 15 is 0 Å². The van der Waals surface area contributed by atoms with E-state index in [2.05, 4.69) is 6.07 Å². The quantitative estimate of drug-likeness (QED) is 0.600. The summed E-state index contributed by atoms with van der Waals surface area (Å²) in [5.41, 5.74) is 5.44. The number of carbonyl (C=O) groups is 2. The minimum atomic E-state index is -1.86. The third-order valence-electron chi connectivity index (χ3n) is 7.18. The summed E-state index contributed by atoms with van der Waals surface area (Å²) in [5.74, 6) is -1.17. The van der Waals surface area contributed by atoms with Crippen LogP contribution in [0.1, 0.15) is 16.7 Å². The summed E-state index contributed by atoms with van der Waals surface area (Å²) in [4.78, 5) is 31.7. The monoisotopic (exact) mass is 482 g/mol. The van der Waals surface area contributed by atoms with Crippen molar-refractivity contribution in [1.29, 1.82) is 5.26 Å². The van der Waals surface area contributed by atoms with Crippen molar-refractivity contribution in [3.63, 3.8) is 0 Å². The number of nitrogens with zero attached hydrogens (tertiary/aromatic N) is 3. The van der Waals surface area contributed by atoms with Gasteiger partial charge in [-0.05, 0) is 23.8 Å². The van der Waals surface area contributed by atoms with Crippen LogP contribution in [0.2, 0.25) is 5.02 Å². The first kappa shape index (κ1) is 21.3. The summed E-state index contributed by atoms with van der Waals surface area (Å²) in [6, 6.07) is 23.7. The van der Waals surface area contributed by atoms with E-state index in [0.717, 1.165) is 5.56 Å². The first-order chi connectivity index (χ1) is 16.9. The fourth-order valence-electron chi connectivity index (χ4n) is 5.75. The molecule has 0 aromatic heterocycles. The highest BCUT2D eigenvalue weighted by molar-refractivity contribution is 6.31. The van der Waals surface area contributed by atoms with Gasteiger partial charge in [-0.3, -0.25) is 9.59 Å². The van der Waals surface area contributed by atoms with Gasteiger partial charge in [0.05, 0.1) is 17.9 Å². The van der Waals surface area contributed by atoms with Gasteiger partial charge in [-0.15, -0.1) is 0 Å². The number of nitriles is 1. The van der Waals surface area contributed by atoms with E-state index in [1.165, 1.54) is 4.90 Å². The summed E-state index contributed by atoms with van der Waals surface area (Å²) in [6.07, 6.45) is 0. The Bertz CT molecular complexity index is 1510. The molecule has 3 aliphatic heterocycles. The summed E-state index contributed by atoms with van der Waals surface area (Å²) in [5, 5.41) is 10.7. The van der Waals surface area contributed by atoms with Crippen molar-refractivity contribution in [3.05, 3.63) is 106 Å². The normalized spacial score (nSPS) is 24.3. The van der Waals surface area contributed by atoms with Crippen molar-refractivity contribution in [2.75, 3.05) is 16.8 Å². The molecule has 2 spiro atoms. The van der Waals surface area contributed by atoms with Crippen molar-refractivity contribution in [1.82, 2.24) is 0 Å². The molecule has 3 aromatic rings. The maximum atomic E-state index is 14.6. The number of rotatable bonds is 2. The number of nitrogens with two attached hydrogens (primary N) is 1. The Kier molecular flexibility index (Phi) is 4.32. The predicted octanol–water partition coefficient (Wildman–Crippen LogP) is 3.72. The van der Waals surface area contributed by atoms with E-state index in [0.29, 0.717) is 27.5 Å². The SMILES string of the molecule is CN1C(=O)C2(OC(N)=C(C#N)C23C(=O)N(Cc2ccccc2)c2cc(Cl)ccc23)c2ccccc21. The number of likely N-dealkylation sites (N-methyl/N-ethyl adjacent to an activating group) is 1. The molecule has 2 atom stereocenters. The van der Waals surface area contributed by atoms with Crippen LogP contribution in [0.25, 0.3) is 0 Å². The molecule has 0 fully saturated rings. The molecule has 2 unspecified atom stereocenters. The second-order valence-corrected chi connectivity index (χ2v) is 9.24. The molecule has 172 valence electrons. The Morgan fingerprint density at radius 1 is 0.971 bits per heavy atom. The van der Waals surface area contributed by atoms with Crippen molar-refractivity contribution in [2.45, 2.75) is 17.6 Å². The van der Waals surface area contributed by atoms with E-state index in [-0.39, 0.29) is 18.0 Å². The molecule has 3 aliphatic rings. The zero-order chi connectivity index (χ0) is 24.5. The van der Waals surface area contributed by atoms with Gasteiger partial charge in [0.1, 0.15) is 11.6 Å². The molecule has 0 bridgehead atoms. The fraction of sp³-hybridized carbons (Fsp3) is 0.148. The highest BCUT2D eigenvalue weighted by Crippen LogP contribution is 2.65. The van der Waals surface area contributed by atoms with Crippen LogP contribution >= 0.6 is 11.6 Å². The second-order valence-electron chi connectivity index (χ2n) is 8.80. The smallest absolute Gasteiger partial charge is 0.277 e.